The third kappa shape index (κ3) is 6.08. The van der Waals surface area contributed by atoms with Crippen LogP contribution in [0.2, 0.25) is 0 Å². The van der Waals surface area contributed by atoms with E-state index in [4.69, 9.17) is 6.57 Å². The molecule has 0 aliphatic carbocycles. The molecule has 0 bridgehead atoms. The highest BCUT2D eigenvalue weighted by Gasteiger charge is 2.12. The maximum absolute atomic E-state index is 9.94. The van der Waals surface area contributed by atoms with Crippen LogP contribution in [0.5, 0.6) is 0 Å². The molecule has 0 atom stereocenters. The van der Waals surface area contributed by atoms with Gasteiger partial charge in [-0.15, -0.1) is 0 Å². The first-order chi connectivity index (χ1) is 19.6. The van der Waals surface area contributed by atoms with Gasteiger partial charge in [0.15, 0.2) is 5.70 Å². The van der Waals surface area contributed by atoms with Crippen LogP contribution in [0.25, 0.3) is 28.3 Å². The first-order valence-corrected chi connectivity index (χ1v) is 13.0. The molecule has 5 aromatic carbocycles. The summed E-state index contributed by atoms with van der Waals surface area (Å²) in [6.45, 7) is 9.70. The minimum Gasteiger partial charge on any atom is -0.311 e. The van der Waals surface area contributed by atoms with Crippen LogP contribution < -0.4 is 4.90 Å². The average Bonchev–Trinajstić information content (AvgIpc) is 3.02. The van der Waals surface area contributed by atoms with Crippen molar-refractivity contribution >= 4 is 40.5 Å². The summed E-state index contributed by atoms with van der Waals surface area (Å²) in [5.74, 6) is 0. The zero-order valence-electron chi connectivity index (χ0n) is 22.2. The van der Waals surface area contributed by atoms with Gasteiger partial charge in [0.25, 0.3) is 0 Å². The Kier molecular flexibility index (Phi) is 7.97. The lowest BCUT2D eigenvalue weighted by Gasteiger charge is -2.25. The van der Waals surface area contributed by atoms with E-state index in [0.29, 0.717) is 11.3 Å². The van der Waals surface area contributed by atoms with Crippen LogP contribution in [0, 0.1) is 24.8 Å². The lowest BCUT2D eigenvalue weighted by Crippen LogP contribution is -2.09. The molecule has 5 aromatic rings. The van der Waals surface area contributed by atoms with Crippen LogP contribution in [0.3, 0.4) is 0 Å². The average molecular weight is 514 g/mol. The molecule has 0 aliphatic heterocycles. The summed E-state index contributed by atoms with van der Waals surface area (Å²) in [5, 5.41) is 9.94. The highest BCUT2D eigenvalue weighted by molar-refractivity contribution is 5.91. The molecule has 3 nitrogen and oxygen atoms in total. The Labute approximate surface area is 236 Å². The van der Waals surface area contributed by atoms with Gasteiger partial charge in [0.05, 0.1) is 18.2 Å². The Morgan fingerprint density at radius 2 is 1.10 bits per heavy atom. The highest BCUT2D eigenvalue weighted by Crippen LogP contribution is 2.34. The second-order valence-electron chi connectivity index (χ2n) is 9.40. The SMILES string of the molecule is [C-]#[N+]/C(=C\c1ccc(C)cc1)c1ccc(/C(C#N)=C/c2ccc(N(c3ccccc3)c3ccccc3)cc2)cc1. The molecular formula is C37H27N3. The number of rotatable bonds is 7. The van der Waals surface area contributed by atoms with Gasteiger partial charge in [-0.05, 0) is 77.7 Å². The predicted octanol–water partition coefficient (Wildman–Crippen LogP) is 9.95. The van der Waals surface area contributed by atoms with Crippen LogP contribution in [0.4, 0.5) is 17.1 Å². The van der Waals surface area contributed by atoms with Crippen molar-refractivity contribution < 1.29 is 0 Å². The van der Waals surface area contributed by atoms with E-state index >= 15 is 0 Å². The second kappa shape index (κ2) is 12.3. The van der Waals surface area contributed by atoms with Gasteiger partial charge in [0, 0.05) is 17.1 Å². The van der Waals surface area contributed by atoms with Gasteiger partial charge in [-0.3, -0.25) is 0 Å². The van der Waals surface area contributed by atoms with Crippen LogP contribution in [-0.4, -0.2) is 0 Å². The molecule has 0 radical (unpaired) electrons. The Morgan fingerprint density at radius 3 is 1.62 bits per heavy atom. The van der Waals surface area contributed by atoms with E-state index in [1.165, 1.54) is 5.56 Å². The predicted molar refractivity (Wildman–Crippen MR) is 167 cm³/mol. The van der Waals surface area contributed by atoms with Crippen LogP contribution in [-0.2, 0) is 0 Å². The number of aryl methyl sites for hydroxylation is 1. The molecular weight excluding hydrogens is 486 g/mol. The fraction of sp³-hybridized carbons (Fsp3) is 0.0270. The summed E-state index contributed by atoms with van der Waals surface area (Å²) in [7, 11) is 0. The fourth-order valence-electron chi connectivity index (χ4n) is 4.49. The van der Waals surface area contributed by atoms with Crippen molar-refractivity contribution in [3.8, 4) is 6.07 Å². The van der Waals surface area contributed by atoms with Gasteiger partial charge in [0.2, 0.25) is 0 Å². The summed E-state index contributed by atoms with van der Waals surface area (Å²) in [6, 6.07) is 46.8. The summed E-state index contributed by atoms with van der Waals surface area (Å²) in [5.41, 5.74) is 9.05. The molecule has 0 heterocycles. The zero-order chi connectivity index (χ0) is 27.7. The van der Waals surface area contributed by atoms with Crippen molar-refractivity contribution in [2.75, 3.05) is 4.90 Å². The first-order valence-electron chi connectivity index (χ1n) is 13.0. The molecule has 5 rings (SSSR count). The highest BCUT2D eigenvalue weighted by atomic mass is 15.1. The summed E-state index contributed by atoms with van der Waals surface area (Å²) in [6.07, 6.45) is 3.78. The minimum atomic E-state index is 0.564. The Bertz CT molecular complexity index is 1680. The lowest BCUT2D eigenvalue weighted by atomic mass is 10.0. The molecule has 0 saturated carbocycles. The monoisotopic (exact) mass is 513 g/mol. The Morgan fingerprint density at radius 1 is 0.625 bits per heavy atom. The van der Waals surface area contributed by atoms with Crippen molar-refractivity contribution in [1.82, 2.24) is 0 Å². The van der Waals surface area contributed by atoms with E-state index in [-0.39, 0.29) is 0 Å². The van der Waals surface area contributed by atoms with Gasteiger partial charge < -0.3 is 4.90 Å². The number of allylic oxidation sites excluding steroid dienone is 1. The third-order valence-electron chi connectivity index (χ3n) is 6.60. The number of nitrogens with zero attached hydrogens (tertiary/aromatic N) is 3. The van der Waals surface area contributed by atoms with E-state index in [2.05, 4.69) is 52.2 Å². The molecule has 0 spiro atoms. The number of benzene rings is 5. The standard InChI is InChI=1S/C37H27N3/c1-28-13-15-30(16-14-28)26-37(39-2)32-21-19-31(20-22-32)33(27-38)25-29-17-23-36(24-18-29)40(34-9-5-3-6-10-34)35-11-7-4-8-12-35/h3-26H,1H3/b33-25+,37-26-. The third-order valence-corrected chi connectivity index (χ3v) is 6.60. The van der Waals surface area contributed by atoms with Gasteiger partial charge in [-0.1, -0.05) is 103 Å². The summed E-state index contributed by atoms with van der Waals surface area (Å²) < 4.78 is 0. The van der Waals surface area contributed by atoms with E-state index in [1.54, 1.807) is 0 Å². The zero-order valence-corrected chi connectivity index (χ0v) is 22.2. The number of hydrogen-bond donors (Lipinski definition) is 0. The minimum absolute atomic E-state index is 0.564. The largest absolute Gasteiger partial charge is 0.311 e. The normalized spacial score (nSPS) is 11.4. The topological polar surface area (TPSA) is 31.4 Å². The molecule has 0 unspecified atom stereocenters. The molecule has 190 valence electrons. The molecule has 0 saturated heterocycles. The fourth-order valence-corrected chi connectivity index (χ4v) is 4.49. The second-order valence-corrected chi connectivity index (χ2v) is 9.40. The summed E-state index contributed by atoms with van der Waals surface area (Å²) in [4.78, 5) is 5.94. The molecule has 40 heavy (non-hydrogen) atoms. The van der Waals surface area contributed by atoms with Gasteiger partial charge in [0.1, 0.15) is 0 Å². The van der Waals surface area contributed by atoms with E-state index in [9.17, 15) is 5.26 Å². The van der Waals surface area contributed by atoms with Gasteiger partial charge in [-0.2, -0.15) is 5.26 Å². The van der Waals surface area contributed by atoms with E-state index in [1.807, 2.05) is 116 Å². The molecule has 0 aliphatic rings. The first kappa shape index (κ1) is 26.0. The van der Waals surface area contributed by atoms with Crippen LogP contribution in [0.15, 0.2) is 133 Å². The number of anilines is 3. The van der Waals surface area contributed by atoms with E-state index < -0.39 is 0 Å². The molecule has 0 fully saturated rings. The summed E-state index contributed by atoms with van der Waals surface area (Å²) >= 11 is 0. The van der Waals surface area contributed by atoms with Crippen molar-refractivity contribution in [2.45, 2.75) is 6.92 Å². The molecule has 0 N–H and O–H groups in total. The van der Waals surface area contributed by atoms with Gasteiger partial charge in [-0.25, -0.2) is 4.85 Å². The van der Waals surface area contributed by atoms with Crippen molar-refractivity contribution in [1.29, 1.82) is 5.26 Å². The molecule has 0 aromatic heterocycles. The maximum atomic E-state index is 9.94. The number of nitriles is 1. The van der Waals surface area contributed by atoms with Gasteiger partial charge >= 0.3 is 0 Å². The quantitative estimate of drug-likeness (QED) is 0.123. The molecule has 0 amide bonds. The van der Waals surface area contributed by atoms with E-state index in [0.717, 1.165) is 39.3 Å². The Balaban J connectivity index is 1.40. The maximum Gasteiger partial charge on any atom is 0.194 e. The Hall–Kier alpha value is -5.64. The lowest BCUT2D eigenvalue weighted by molar-refractivity contribution is 1.28. The van der Waals surface area contributed by atoms with Crippen LogP contribution in [0.1, 0.15) is 27.8 Å². The van der Waals surface area contributed by atoms with Crippen molar-refractivity contribution in [2.24, 2.45) is 0 Å². The van der Waals surface area contributed by atoms with Crippen molar-refractivity contribution in [3.63, 3.8) is 0 Å². The van der Waals surface area contributed by atoms with Crippen molar-refractivity contribution in [3.05, 3.63) is 173 Å². The number of hydrogen-bond acceptors (Lipinski definition) is 2. The smallest absolute Gasteiger partial charge is 0.194 e. The van der Waals surface area contributed by atoms with Crippen LogP contribution >= 0.6 is 0 Å². The number of para-hydroxylation sites is 2. The molecule has 3 heteroatoms.